The van der Waals surface area contributed by atoms with E-state index in [-0.39, 0.29) is 37.4 Å². The number of imide groups is 1. The van der Waals surface area contributed by atoms with Crippen LogP contribution in [0.1, 0.15) is 64.4 Å². The average molecular weight is 617 g/mol. The van der Waals surface area contributed by atoms with Crippen LogP contribution < -0.4 is 15.4 Å². The van der Waals surface area contributed by atoms with E-state index in [0.717, 1.165) is 0 Å². The van der Waals surface area contributed by atoms with Crippen LogP contribution >= 0.6 is 0 Å². The minimum Gasteiger partial charge on any atom is -0.496 e. The van der Waals surface area contributed by atoms with Gasteiger partial charge in [0.25, 0.3) is 5.91 Å². The number of hydrogen-bond donors (Lipinski definition) is 4. The molecule has 14 nitrogen and oxygen atoms in total. The predicted octanol–water partition coefficient (Wildman–Crippen LogP) is 3.24. The summed E-state index contributed by atoms with van der Waals surface area (Å²) in [7, 11) is 1.51. The number of Topliss-reactive ketones (excluding diaryl/α,β-unsaturated/α-hetero) is 1. The molecule has 1 aromatic carbocycles. The third-order valence-corrected chi connectivity index (χ3v) is 6.91. The number of carbonyl (C=O) groups excluding carboxylic acids is 5. The molecule has 0 unspecified atom stereocenters. The van der Waals surface area contributed by atoms with Gasteiger partial charge in [0.2, 0.25) is 11.8 Å². The third-order valence-electron chi connectivity index (χ3n) is 6.91. The molecule has 1 fully saturated rings. The highest BCUT2D eigenvalue weighted by Gasteiger charge is 2.39. The summed E-state index contributed by atoms with van der Waals surface area (Å²) in [6.07, 6.45) is -2.37. The van der Waals surface area contributed by atoms with Gasteiger partial charge in [-0.1, -0.05) is 19.9 Å². The number of hydrogen-bond acceptors (Lipinski definition) is 9. The molecule has 2 heterocycles. The number of amides is 4. The molecule has 4 N–H and O–H groups in total. The number of aromatic amines is 1. The highest BCUT2D eigenvalue weighted by atomic mass is 16.7. The lowest BCUT2D eigenvalue weighted by Crippen LogP contribution is -2.53. The zero-order valence-electron chi connectivity index (χ0n) is 25.7. The second-order valence-electron chi connectivity index (χ2n) is 12.0. The first kappa shape index (κ1) is 33.9. The van der Waals surface area contributed by atoms with Gasteiger partial charge in [0.05, 0.1) is 13.2 Å². The molecule has 1 aromatic heterocycles. The summed E-state index contributed by atoms with van der Waals surface area (Å²) in [5.74, 6) is -3.05. The van der Waals surface area contributed by atoms with Gasteiger partial charge in [-0.05, 0) is 64.2 Å². The van der Waals surface area contributed by atoms with Crippen molar-refractivity contribution in [3.63, 3.8) is 0 Å². The van der Waals surface area contributed by atoms with E-state index >= 15 is 0 Å². The molecule has 0 radical (unpaired) electrons. The summed E-state index contributed by atoms with van der Waals surface area (Å²) < 4.78 is 15.4. The van der Waals surface area contributed by atoms with Crippen LogP contribution in [0.5, 0.6) is 5.75 Å². The number of ketones is 1. The number of benzene rings is 1. The number of likely N-dealkylation sites (tertiary alicyclic amines) is 1. The van der Waals surface area contributed by atoms with E-state index in [0.29, 0.717) is 21.6 Å². The van der Waals surface area contributed by atoms with Gasteiger partial charge in [-0.25, -0.2) is 14.5 Å². The molecule has 0 aliphatic carbocycles. The molecule has 3 atom stereocenters. The molecule has 0 saturated carbocycles. The fourth-order valence-electron chi connectivity index (χ4n) is 4.85. The Kier molecular flexibility index (Phi) is 11.0. The van der Waals surface area contributed by atoms with Crippen molar-refractivity contribution in [1.29, 1.82) is 0 Å². The van der Waals surface area contributed by atoms with Crippen LogP contribution in [0.2, 0.25) is 0 Å². The number of carboxylic acid groups (broad SMARTS) is 1. The summed E-state index contributed by atoms with van der Waals surface area (Å²) >= 11 is 0. The Balaban J connectivity index is 1.79. The fraction of sp³-hybridized carbons (Fsp3) is 0.533. The van der Waals surface area contributed by atoms with Gasteiger partial charge in [0.1, 0.15) is 23.1 Å². The van der Waals surface area contributed by atoms with Crippen molar-refractivity contribution < 1.29 is 48.1 Å². The van der Waals surface area contributed by atoms with Gasteiger partial charge < -0.3 is 34.9 Å². The minimum atomic E-state index is -1.41. The second-order valence-corrected chi connectivity index (χ2v) is 12.0. The Bertz CT molecular complexity index is 1410. The zero-order valence-corrected chi connectivity index (χ0v) is 25.7. The number of ether oxygens (including phenoxy) is 3. The lowest BCUT2D eigenvalue weighted by atomic mass is 9.95. The molecular weight excluding hydrogens is 576 g/mol. The molecule has 1 saturated heterocycles. The zero-order chi connectivity index (χ0) is 32.8. The lowest BCUT2D eigenvalue weighted by molar-refractivity contribution is -0.133. The molecule has 1 aliphatic heterocycles. The van der Waals surface area contributed by atoms with Crippen molar-refractivity contribution in [1.82, 2.24) is 20.5 Å². The smallest absolute Gasteiger partial charge is 0.496 e. The molecule has 44 heavy (non-hydrogen) atoms. The minimum absolute atomic E-state index is 0.0426. The first-order chi connectivity index (χ1) is 20.6. The summed E-state index contributed by atoms with van der Waals surface area (Å²) in [5, 5.41) is 15.3. The number of H-pyrrole nitrogens is 1. The van der Waals surface area contributed by atoms with Crippen LogP contribution in [0.25, 0.3) is 10.9 Å². The maximum Gasteiger partial charge on any atom is 0.509 e. The molecule has 4 amide bonds. The SMILES string of the molecule is COc1cccc2[nH]c(C(=O)N[C@@H](CC(C)C)C(=O)N[C@@H](C[C@@H]3CCN(C(=O)O)C3=O)C(=O)COC(=O)OC(C)(C)C)cc12. The van der Waals surface area contributed by atoms with E-state index in [1.807, 2.05) is 13.8 Å². The normalized spacial score (nSPS) is 16.4. The average Bonchev–Trinajstić information content (AvgIpc) is 3.53. The van der Waals surface area contributed by atoms with Gasteiger partial charge in [-0.3, -0.25) is 19.2 Å². The molecule has 240 valence electrons. The monoisotopic (exact) mass is 616 g/mol. The van der Waals surface area contributed by atoms with E-state index in [1.165, 1.54) is 7.11 Å². The van der Waals surface area contributed by atoms with Crippen molar-refractivity contribution in [2.45, 2.75) is 71.6 Å². The Hall–Kier alpha value is -4.62. The van der Waals surface area contributed by atoms with Crippen molar-refractivity contribution in [2.24, 2.45) is 11.8 Å². The fourth-order valence-corrected chi connectivity index (χ4v) is 4.85. The lowest BCUT2D eigenvalue weighted by Gasteiger charge is -2.25. The van der Waals surface area contributed by atoms with E-state index < -0.39 is 66.0 Å². The number of carbonyl (C=O) groups is 6. The van der Waals surface area contributed by atoms with Gasteiger partial charge in [0.15, 0.2) is 12.4 Å². The van der Waals surface area contributed by atoms with Gasteiger partial charge >= 0.3 is 12.2 Å². The van der Waals surface area contributed by atoms with Crippen LogP contribution in [0.15, 0.2) is 24.3 Å². The van der Waals surface area contributed by atoms with Crippen LogP contribution in [0.3, 0.4) is 0 Å². The van der Waals surface area contributed by atoms with Crippen LogP contribution in [-0.2, 0) is 23.9 Å². The van der Waals surface area contributed by atoms with Crippen molar-refractivity contribution in [3.05, 3.63) is 30.0 Å². The number of aromatic nitrogens is 1. The Morgan fingerprint density at radius 1 is 1.11 bits per heavy atom. The Morgan fingerprint density at radius 2 is 1.82 bits per heavy atom. The van der Waals surface area contributed by atoms with Crippen LogP contribution in [0.4, 0.5) is 9.59 Å². The quantitative estimate of drug-likeness (QED) is 0.257. The molecule has 1 aliphatic rings. The molecular formula is C30H40N4O10. The molecule has 2 aromatic rings. The van der Waals surface area contributed by atoms with Crippen molar-refractivity contribution >= 4 is 46.7 Å². The Labute approximate surface area is 254 Å². The number of methoxy groups -OCH3 is 1. The number of nitrogens with one attached hydrogen (secondary N) is 3. The maximum absolute atomic E-state index is 13.6. The highest BCUT2D eigenvalue weighted by molar-refractivity contribution is 6.02. The summed E-state index contributed by atoms with van der Waals surface area (Å²) in [5.41, 5.74) is -0.0238. The first-order valence-electron chi connectivity index (χ1n) is 14.3. The number of nitrogens with zero attached hydrogens (tertiary/aromatic N) is 1. The largest absolute Gasteiger partial charge is 0.509 e. The van der Waals surface area contributed by atoms with Gasteiger partial charge in [-0.15, -0.1) is 0 Å². The van der Waals surface area contributed by atoms with Gasteiger partial charge in [-0.2, -0.15) is 0 Å². The molecule has 3 rings (SSSR count). The predicted molar refractivity (Wildman–Crippen MR) is 157 cm³/mol. The standard InChI is InChI=1S/C30H40N4O10/c1-16(2)12-21(33-26(37)22-14-18-19(31-22)8-7-9-24(18)42-6)25(36)32-20(13-17-10-11-34(27(17)38)28(39)40)23(35)15-43-29(41)44-30(3,4)5/h7-9,14,16-17,20-21,31H,10-13,15H2,1-6H3,(H,32,36)(H,33,37)(H,39,40)/t17-,20-,21-/m0/s1. The van der Waals surface area contributed by atoms with Crippen molar-refractivity contribution in [2.75, 3.05) is 20.3 Å². The molecule has 0 spiro atoms. The second kappa shape index (κ2) is 14.2. The third kappa shape index (κ3) is 8.94. The summed E-state index contributed by atoms with van der Waals surface area (Å²) in [4.78, 5) is 79.8. The van der Waals surface area contributed by atoms with E-state index in [4.69, 9.17) is 14.2 Å². The molecule has 0 bridgehead atoms. The van der Waals surface area contributed by atoms with Gasteiger partial charge in [0, 0.05) is 23.4 Å². The van der Waals surface area contributed by atoms with E-state index in [1.54, 1.807) is 45.0 Å². The summed E-state index contributed by atoms with van der Waals surface area (Å²) in [6, 6.07) is 4.50. The van der Waals surface area contributed by atoms with E-state index in [2.05, 4.69) is 15.6 Å². The van der Waals surface area contributed by atoms with Crippen LogP contribution in [-0.4, -0.2) is 88.7 Å². The maximum atomic E-state index is 13.6. The summed E-state index contributed by atoms with van der Waals surface area (Å²) in [6.45, 7) is 7.76. The van der Waals surface area contributed by atoms with Crippen LogP contribution in [0, 0.1) is 11.8 Å². The number of fused-ring (bicyclic) bond motifs is 1. The molecule has 14 heteroatoms. The van der Waals surface area contributed by atoms with Crippen molar-refractivity contribution in [3.8, 4) is 5.75 Å². The highest BCUT2D eigenvalue weighted by Crippen LogP contribution is 2.26. The Morgan fingerprint density at radius 3 is 2.41 bits per heavy atom. The number of rotatable bonds is 12. The topological polar surface area (TPSA) is 193 Å². The first-order valence-corrected chi connectivity index (χ1v) is 14.3. The van der Waals surface area contributed by atoms with E-state index in [9.17, 15) is 33.9 Å².